The number of anilines is 2. The van der Waals surface area contributed by atoms with Gasteiger partial charge in [-0.25, -0.2) is 0 Å². The van der Waals surface area contributed by atoms with Crippen LogP contribution in [0.5, 0.6) is 0 Å². The number of amides is 2. The van der Waals surface area contributed by atoms with Gasteiger partial charge >= 0.3 is 0 Å². The SMILES string of the molecule is CCN(CC)C(=O)c1cc(NC(=O)[C@@H](Cl)c2ccccc2)ccc1N1CCCC1. The lowest BCUT2D eigenvalue weighted by Gasteiger charge is -2.25. The highest BCUT2D eigenvalue weighted by molar-refractivity contribution is 6.32. The Balaban J connectivity index is 1.87. The maximum Gasteiger partial charge on any atom is 0.256 e. The topological polar surface area (TPSA) is 52.7 Å². The molecule has 0 unspecified atom stereocenters. The lowest BCUT2D eigenvalue weighted by Crippen LogP contribution is -2.32. The van der Waals surface area contributed by atoms with E-state index in [1.807, 2.05) is 56.3 Å². The van der Waals surface area contributed by atoms with Crippen LogP contribution < -0.4 is 10.2 Å². The molecule has 5 nitrogen and oxygen atoms in total. The molecule has 2 aromatic carbocycles. The molecule has 0 bridgehead atoms. The van der Waals surface area contributed by atoms with Crippen molar-refractivity contribution in [3.05, 3.63) is 59.7 Å². The molecule has 0 saturated carbocycles. The second-order valence-electron chi connectivity index (χ2n) is 7.17. The third-order valence-corrected chi connectivity index (χ3v) is 5.76. The first kappa shape index (κ1) is 21.2. The van der Waals surface area contributed by atoms with Crippen molar-refractivity contribution in [1.82, 2.24) is 4.90 Å². The standard InChI is InChI=1S/C23H28ClN3O2/c1-3-26(4-2)23(29)19-16-18(12-13-20(19)27-14-8-9-15-27)25-22(28)21(24)17-10-6-5-7-11-17/h5-7,10-13,16,21H,3-4,8-9,14-15H2,1-2H3,(H,25,28)/t21-/m0/s1. The largest absolute Gasteiger partial charge is 0.371 e. The summed E-state index contributed by atoms with van der Waals surface area (Å²) in [6.07, 6.45) is 2.25. The van der Waals surface area contributed by atoms with Gasteiger partial charge in [0.15, 0.2) is 0 Å². The molecular weight excluding hydrogens is 386 g/mol. The highest BCUT2D eigenvalue weighted by Crippen LogP contribution is 2.30. The van der Waals surface area contributed by atoms with Crippen molar-refractivity contribution in [3.8, 4) is 0 Å². The molecule has 6 heteroatoms. The number of hydrogen-bond donors (Lipinski definition) is 1. The van der Waals surface area contributed by atoms with Gasteiger partial charge < -0.3 is 15.1 Å². The molecule has 0 spiro atoms. The molecule has 3 rings (SSSR count). The first-order valence-corrected chi connectivity index (χ1v) is 10.7. The summed E-state index contributed by atoms with van der Waals surface area (Å²) in [6.45, 7) is 7.12. The van der Waals surface area contributed by atoms with Crippen LogP contribution in [0.4, 0.5) is 11.4 Å². The van der Waals surface area contributed by atoms with Crippen molar-refractivity contribution < 1.29 is 9.59 Å². The molecule has 29 heavy (non-hydrogen) atoms. The Morgan fingerprint density at radius 3 is 2.34 bits per heavy atom. The molecule has 2 amide bonds. The summed E-state index contributed by atoms with van der Waals surface area (Å²) in [5, 5.41) is 2.07. The highest BCUT2D eigenvalue weighted by Gasteiger charge is 2.24. The molecule has 1 heterocycles. The summed E-state index contributed by atoms with van der Waals surface area (Å²) in [7, 11) is 0. The quantitative estimate of drug-likeness (QED) is 0.670. The van der Waals surface area contributed by atoms with E-state index >= 15 is 0 Å². The number of halogens is 1. The zero-order chi connectivity index (χ0) is 20.8. The van der Waals surface area contributed by atoms with Crippen molar-refractivity contribution >= 4 is 34.8 Å². The normalized spacial score (nSPS) is 14.5. The Morgan fingerprint density at radius 2 is 1.72 bits per heavy atom. The second kappa shape index (κ2) is 9.79. The highest BCUT2D eigenvalue weighted by atomic mass is 35.5. The molecular formula is C23H28ClN3O2. The minimum Gasteiger partial charge on any atom is -0.371 e. The van der Waals surface area contributed by atoms with Crippen molar-refractivity contribution in [3.63, 3.8) is 0 Å². The molecule has 1 fully saturated rings. The van der Waals surface area contributed by atoms with E-state index < -0.39 is 5.38 Å². The lowest BCUT2D eigenvalue weighted by molar-refractivity contribution is -0.116. The number of hydrogen-bond acceptors (Lipinski definition) is 3. The molecule has 0 aliphatic carbocycles. The maximum atomic E-state index is 13.1. The zero-order valence-corrected chi connectivity index (χ0v) is 17.8. The Bertz CT molecular complexity index is 846. The fourth-order valence-electron chi connectivity index (χ4n) is 3.68. The monoisotopic (exact) mass is 413 g/mol. The molecule has 1 atom stereocenters. The number of benzene rings is 2. The number of carbonyl (C=O) groups is 2. The first-order valence-electron chi connectivity index (χ1n) is 10.2. The summed E-state index contributed by atoms with van der Waals surface area (Å²) in [4.78, 5) is 29.8. The van der Waals surface area contributed by atoms with E-state index in [0.717, 1.165) is 37.2 Å². The van der Waals surface area contributed by atoms with Crippen LogP contribution in [0.3, 0.4) is 0 Å². The fraction of sp³-hybridized carbons (Fsp3) is 0.391. The van der Waals surface area contributed by atoms with E-state index in [-0.39, 0.29) is 11.8 Å². The molecule has 1 saturated heterocycles. The van der Waals surface area contributed by atoms with Crippen LogP contribution in [0.15, 0.2) is 48.5 Å². The van der Waals surface area contributed by atoms with E-state index in [1.165, 1.54) is 0 Å². The number of carbonyl (C=O) groups excluding carboxylic acids is 2. The summed E-state index contributed by atoms with van der Waals surface area (Å²) in [6, 6.07) is 14.8. The maximum absolute atomic E-state index is 13.1. The molecule has 1 aliphatic heterocycles. The zero-order valence-electron chi connectivity index (χ0n) is 17.0. The van der Waals surface area contributed by atoms with Gasteiger partial charge in [-0.1, -0.05) is 30.3 Å². The van der Waals surface area contributed by atoms with Crippen LogP contribution in [-0.4, -0.2) is 42.9 Å². The molecule has 1 N–H and O–H groups in total. The van der Waals surface area contributed by atoms with Crippen LogP contribution in [0, 0.1) is 0 Å². The van der Waals surface area contributed by atoms with Crippen LogP contribution in [0.25, 0.3) is 0 Å². The molecule has 154 valence electrons. The van der Waals surface area contributed by atoms with Gasteiger partial charge in [0.05, 0.1) is 5.56 Å². The van der Waals surface area contributed by atoms with E-state index in [2.05, 4.69) is 10.2 Å². The average Bonchev–Trinajstić information content (AvgIpc) is 3.29. The van der Waals surface area contributed by atoms with Gasteiger partial charge in [-0.05, 0) is 50.5 Å². The van der Waals surface area contributed by atoms with Crippen LogP contribution >= 0.6 is 11.6 Å². The minimum atomic E-state index is -0.795. The number of rotatable bonds is 7. The van der Waals surface area contributed by atoms with E-state index in [9.17, 15) is 9.59 Å². The molecule has 0 radical (unpaired) electrons. The minimum absolute atomic E-state index is 0.0153. The summed E-state index contributed by atoms with van der Waals surface area (Å²) in [5.41, 5.74) is 2.87. The van der Waals surface area contributed by atoms with Crippen molar-refractivity contribution in [2.45, 2.75) is 32.1 Å². The Hall–Kier alpha value is -2.53. The Kier molecular flexibility index (Phi) is 7.15. The van der Waals surface area contributed by atoms with Crippen molar-refractivity contribution in [2.24, 2.45) is 0 Å². The van der Waals surface area contributed by atoms with Gasteiger partial charge in [-0.2, -0.15) is 0 Å². The van der Waals surface area contributed by atoms with Gasteiger partial charge in [0, 0.05) is 37.6 Å². The van der Waals surface area contributed by atoms with Gasteiger partial charge in [-0.3, -0.25) is 9.59 Å². The molecule has 1 aliphatic rings. The van der Waals surface area contributed by atoms with Gasteiger partial charge in [0.1, 0.15) is 5.38 Å². The van der Waals surface area contributed by atoms with Crippen molar-refractivity contribution in [1.29, 1.82) is 0 Å². The summed E-state index contributed by atoms with van der Waals surface area (Å²) < 4.78 is 0. The second-order valence-corrected chi connectivity index (χ2v) is 7.60. The van der Waals surface area contributed by atoms with E-state index in [1.54, 1.807) is 11.0 Å². The fourth-order valence-corrected chi connectivity index (χ4v) is 3.88. The average molecular weight is 414 g/mol. The number of nitrogens with one attached hydrogen (secondary N) is 1. The molecule has 2 aromatic rings. The molecule has 0 aromatic heterocycles. The van der Waals surface area contributed by atoms with E-state index in [4.69, 9.17) is 11.6 Å². The number of alkyl halides is 1. The van der Waals surface area contributed by atoms with E-state index in [0.29, 0.717) is 24.3 Å². The summed E-state index contributed by atoms with van der Waals surface area (Å²) in [5.74, 6) is -0.327. The Morgan fingerprint density at radius 1 is 1.07 bits per heavy atom. The predicted molar refractivity (Wildman–Crippen MR) is 119 cm³/mol. The van der Waals surface area contributed by atoms with Crippen LogP contribution in [-0.2, 0) is 4.79 Å². The van der Waals surface area contributed by atoms with Crippen molar-refractivity contribution in [2.75, 3.05) is 36.4 Å². The number of nitrogens with zero attached hydrogens (tertiary/aromatic N) is 2. The Labute approximate surface area is 177 Å². The third kappa shape index (κ3) is 4.91. The summed E-state index contributed by atoms with van der Waals surface area (Å²) >= 11 is 6.34. The van der Waals surface area contributed by atoms with Gasteiger partial charge in [0.2, 0.25) is 5.91 Å². The lowest BCUT2D eigenvalue weighted by atomic mass is 10.1. The predicted octanol–water partition coefficient (Wildman–Crippen LogP) is 4.69. The first-order chi connectivity index (χ1) is 14.0. The third-order valence-electron chi connectivity index (χ3n) is 5.31. The van der Waals surface area contributed by atoms with Crippen LogP contribution in [0.2, 0.25) is 0 Å². The van der Waals surface area contributed by atoms with Gasteiger partial charge in [-0.15, -0.1) is 11.6 Å². The van der Waals surface area contributed by atoms with Gasteiger partial charge in [0.25, 0.3) is 5.91 Å². The van der Waals surface area contributed by atoms with Crippen LogP contribution in [0.1, 0.15) is 48.0 Å². The smallest absolute Gasteiger partial charge is 0.256 e.